The van der Waals surface area contributed by atoms with Gasteiger partial charge in [-0.2, -0.15) is 0 Å². The average Bonchev–Trinajstić information content (AvgIpc) is 2.84. The Bertz CT molecular complexity index is 629. The van der Waals surface area contributed by atoms with Crippen LogP contribution in [-0.2, 0) is 20.9 Å². The van der Waals surface area contributed by atoms with E-state index in [2.05, 4.69) is 16.0 Å². The number of ether oxygens (including phenoxy) is 1. The minimum atomic E-state index is -0.448. The Balaban J connectivity index is 1.62. The zero-order valence-electron chi connectivity index (χ0n) is 12.0. The van der Waals surface area contributed by atoms with E-state index in [0.29, 0.717) is 43.9 Å². The zero-order chi connectivity index (χ0) is 15.5. The molecule has 116 valence electrons. The van der Waals surface area contributed by atoms with Crippen molar-refractivity contribution in [3.8, 4) is 5.75 Å². The Morgan fingerprint density at radius 2 is 2.14 bits per heavy atom. The maximum Gasteiger partial charge on any atom is 0.242 e. The van der Waals surface area contributed by atoms with Crippen molar-refractivity contribution in [3.63, 3.8) is 0 Å². The van der Waals surface area contributed by atoms with Crippen LogP contribution in [0.5, 0.6) is 5.75 Å². The normalized spacial score (nSPS) is 20.3. The van der Waals surface area contributed by atoms with E-state index in [-0.39, 0.29) is 17.7 Å². The lowest BCUT2D eigenvalue weighted by atomic mass is 10.1. The number of hydrogen-bond donors (Lipinski definition) is 3. The van der Waals surface area contributed by atoms with Crippen LogP contribution >= 0.6 is 0 Å². The van der Waals surface area contributed by atoms with Crippen molar-refractivity contribution in [1.29, 1.82) is 0 Å². The van der Waals surface area contributed by atoms with Gasteiger partial charge in [-0.05, 0) is 24.1 Å². The maximum absolute atomic E-state index is 11.9. The molecule has 0 aromatic heterocycles. The van der Waals surface area contributed by atoms with Gasteiger partial charge < -0.3 is 20.7 Å². The molecule has 0 spiro atoms. The number of benzene rings is 1. The van der Waals surface area contributed by atoms with Gasteiger partial charge in [0.1, 0.15) is 11.8 Å². The van der Waals surface area contributed by atoms with Gasteiger partial charge in [0.15, 0.2) is 0 Å². The molecule has 1 fully saturated rings. The lowest BCUT2D eigenvalue weighted by molar-refractivity contribution is -0.125. The van der Waals surface area contributed by atoms with Gasteiger partial charge in [0.05, 0.1) is 18.7 Å². The van der Waals surface area contributed by atoms with Crippen molar-refractivity contribution >= 4 is 23.4 Å². The summed E-state index contributed by atoms with van der Waals surface area (Å²) in [6.07, 6.45) is 1.24. The minimum absolute atomic E-state index is 0.0893. The Labute approximate surface area is 127 Å². The fourth-order valence-corrected chi connectivity index (χ4v) is 2.50. The molecule has 2 aliphatic rings. The third-order valence-corrected chi connectivity index (χ3v) is 3.68. The van der Waals surface area contributed by atoms with E-state index in [4.69, 9.17) is 4.74 Å². The van der Waals surface area contributed by atoms with Gasteiger partial charge in [0.2, 0.25) is 17.7 Å². The van der Waals surface area contributed by atoms with Crippen molar-refractivity contribution in [1.82, 2.24) is 10.6 Å². The standard InChI is InChI=1S/C15H17N3O4/c19-13-4-2-10(17-13)15(21)16-8-9-1-3-12-11(7-9)18-14(20)5-6-22-12/h1,3,7,10H,2,4-6,8H2,(H,16,21)(H,17,19)(H,18,20). The van der Waals surface area contributed by atoms with E-state index in [0.717, 1.165) is 5.56 Å². The number of carbonyl (C=O) groups excluding carboxylic acids is 3. The fraction of sp³-hybridized carbons (Fsp3) is 0.400. The molecule has 22 heavy (non-hydrogen) atoms. The number of hydrogen-bond acceptors (Lipinski definition) is 4. The molecule has 0 radical (unpaired) electrons. The third-order valence-electron chi connectivity index (χ3n) is 3.68. The smallest absolute Gasteiger partial charge is 0.242 e. The summed E-state index contributed by atoms with van der Waals surface area (Å²) < 4.78 is 5.47. The molecule has 0 aliphatic carbocycles. The highest BCUT2D eigenvalue weighted by molar-refractivity contribution is 5.93. The summed E-state index contributed by atoms with van der Waals surface area (Å²) in [6, 6.07) is 4.95. The highest BCUT2D eigenvalue weighted by atomic mass is 16.5. The SMILES string of the molecule is O=C1CCOc2ccc(CNC(=O)C3CCC(=O)N3)cc2N1. The molecule has 3 rings (SSSR count). The molecular formula is C15H17N3O4. The molecule has 2 heterocycles. The monoisotopic (exact) mass is 303 g/mol. The molecule has 1 aromatic carbocycles. The van der Waals surface area contributed by atoms with Crippen LogP contribution in [0, 0.1) is 0 Å². The van der Waals surface area contributed by atoms with Crippen LogP contribution < -0.4 is 20.7 Å². The predicted molar refractivity (Wildman–Crippen MR) is 78.2 cm³/mol. The number of anilines is 1. The lowest BCUT2D eigenvalue weighted by Crippen LogP contribution is -2.41. The first-order valence-electron chi connectivity index (χ1n) is 7.24. The van der Waals surface area contributed by atoms with Crippen molar-refractivity contribution < 1.29 is 19.1 Å². The Morgan fingerprint density at radius 1 is 1.27 bits per heavy atom. The molecule has 7 heteroatoms. The molecule has 3 N–H and O–H groups in total. The van der Waals surface area contributed by atoms with Crippen molar-refractivity contribution in [2.45, 2.75) is 31.8 Å². The highest BCUT2D eigenvalue weighted by Crippen LogP contribution is 2.28. The van der Waals surface area contributed by atoms with Crippen LogP contribution in [0.25, 0.3) is 0 Å². The van der Waals surface area contributed by atoms with Gasteiger partial charge in [-0.1, -0.05) is 6.07 Å². The summed E-state index contributed by atoms with van der Waals surface area (Å²) >= 11 is 0. The molecule has 2 aliphatic heterocycles. The van der Waals surface area contributed by atoms with Gasteiger partial charge >= 0.3 is 0 Å². The van der Waals surface area contributed by atoms with Gasteiger partial charge in [-0.3, -0.25) is 14.4 Å². The van der Waals surface area contributed by atoms with Gasteiger partial charge in [0, 0.05) is 13.0 Å². The summed E-state index contributed by atoms with van der Waals surface area (Å²) in [7, 11) is 0. The molecule has 0 saturated carbocycles. The Morgan fingerprint density at radius 3 is 2.91 bits per heavy atom. The van der Waals surface area contributed by atoms with Crippen molar-refractivity contribution in [3.05, 3.63) is 23.8 Å². The van der Waals surface area contributed by atoms with Crippen LogP contribution in [0.2, 0.25) is 0 Å². The summed E-state index contributed by atoms with van der Waals surface area (Å²) in [4.78, 5) is 34.6. The molecule has 1 aromatic rings. The Kier molecular flexibility index (Phi) is 3.95. The number of rotatable bonds is 3. The first-order valence-corrected chi connectivity index (χ1v) is 7.24. The van der Waals surface area contributed by atoms with Crippen molar-refractivity contribution in [2.75, 3.05) is 11.9 Å². The summed E-state index contributed by atoms with van der Waals surface area (Å²) in [5.41, 5.74) is 1.46. The lowest BCUT2D eigenvalue weighted by Gasteiger charge is -2.12. The van der Waals surface area contributed by atoms with E-state index in [1.165, 1.54) is 0 Å². The minimum Gasteiger partial charge on any atom is -0.491 e. The number of nitrogens with one attached hydrogen (secondary N) is 3. The molecule has 1 saturated heterocycles. The van der Waals surface area contributed by atoms with Crippen LogP contribution in [0.4, 0.5) is 5.69 Å². The van der Waals surface area contributed by atoms with Crippen LogP contribution in [-0.4, -0.2) is 30.4 Å². The molecule has 1 unspecified atom stereocenters. The van der Waals surface area contributed by atoms with Gasteiger partial charge in [0.25, 0.3) is 0 Å². The van der Waals surface area contributed by atoms with Crippen LogP contribution in [0.1, 0.15) is 24.8 Å². The third kappa shape index (κ3) is 3.19. The summed E-state index contributed by atoms with van der Waals surface area (Å²) in [5.74, 6) is 0.253. The highest BCUT2D eigenvalue weighted by Gasteiger charge is 2.26. The molecule has 1 atom stereocenters. The molecular weight excluding hydrogens is 286 g/mol. The van der Waals surface area contributed by atoms with Gasteiger partial charge in [-0.25, -0.2) is 0 Å². The maximum atomic E-state index is 11.9. The second-order valence-electron chi connectivity index (χ2n) is 5.35. The zero-order valence-corrected chi connectivity index (χ0v) is 12.0. The number of fused-ring (bicyclic) bond motifs is 1. The van der Waals surface area contributed by atoms with Gasteiger partial charge in [-0.15, -0.1) is 0 Å². The van der Waals surface area contributed by atoms with E-state index in [1.54, 1.807) is 12.1 Å². The second-order valence-corrected chi connectivity index (χ2v) is 5.35. The first-order chi connectivity index (χ1) is 10.6. The topological polar surface area (TPSA) is 96.5 Å². The number of carbonyl (C=O) groups is 3. The fourth-order valence-electron chi connectivity index (χ4n) is 2.50. The summed E-state index contributed by atoms with van der Waals surface area (Å²) in [6.45, 7) is 0.685. The van der Waals surface area contributed by atoms with E-state index >= 15 is 0 Å². The largest absolute Gasteiger partial charge is 0.491 e. The summed E-state index contributed by atoms with van der Waals surface area (Å²) in [5, 5.41) is 8.19. The Hall–Kier alpha value is -2.57. The van der Waals surface area contributed by atoms with E-state index in [1.807, 2.05) is 6.07 Å². The van der Waals surface area contributed by atoms with Crippen LogP contribution in [0.15, 0.2) is 18.2 Å². The van der Waals surface area contributed by atoms with E-state index in [9.17, 15) is 14.4 Å². The van der Waals surface area contributed by atoms with Crippen LogP contribution in [0.3, 0.4) is 0 Å². The second kappa shape index (κ2) is 6.05. The predicted octanol–water partition coefficient (Wildman–Crippen LogP) is 0.302. The first kappa shape index (κ1) is 14.4. The molecule has 7 nitrogen and oxygen atoms in total. The average molecular weight is 303 g/mol. The molecule has 3 amide bonds. The van der Waals surface area contributed by atoms with E-state index < -0.39 is 6.04 Å². The van der Waals surface area contributed by atoms with Crippen molar-refractivity contribution in [2.24, 2.45) is 0 Å². The number of amides is 3. The quantitative estimate of drug-likeness (QED) is 0.748. The molecule has 0 bridgehead atoms.